The predicted octanol–water partition coefficient (Wildman–Crippen LogP) is 1.93. The molecular weight excluding hydrogens is 295 g/mol. The second kappa shape index (κ2) is 4.91. The molecular formula is C11H10F3N3O2S. The van der Waals surface area contributed by atoms with Gasteiger partial charge < -0.3 is 0 Å². The van der Waals surface area contributed by atoms with Crippen LogP contribution in [0.5, 0.6) is 0 Å². The number of hydrogen-bond acceptors (Lipinski definition) is 3. The summed E-state index contributed by atoms with van der Waals surface area (Å²) in [6.07, 6.45) is -2.78. The Balaban J connectivity index is 2.45. The smallest absolute Gasteiger partial charge is 0.214 e. The number of hydrogen-bond donors (Lipinski definition) is 1. The summed E-state index contributed by atoms with van der Waals surface area (Å²) < 4.78 is 62.6. The van der Waals surface area contributed by atoms with Crippen LogP contribution in [0.15, 0.2) is 41.6 Å². The van der Waals surface area contributed by atoms with Gasteiger partial charge in [0.2, 0.25) is 10.0 Å². The van der Waals surface area contributed by atoms with Gasteiger partial charge in [0.05, 0.1) is 11.1 Å². The maximum Gasteiger partial charge on any atom is 0.504 e. The Hall–Kier alpha value is -1.87. The Morgan fingerprint density at radius 3 is 2.50 bits per heavy atom. The Morgan fingerprint density at radius 2 is 1.95 bits per heavy atom. The highest BCUT2D eigenvalue weighted by atomic mass is 32.2. The molecule has 20 heavy (non-hydrogen) atoms. The monoisotopic (exact) mass is 305 g/mol. The number of nitrogens with zero attached hydrogens (tertiary/aromatic N) is 2. The van der Waals surface area contributed by atoms with Crippen LogP contribution in [0.2, 0.25) is 0 Å². The summed E-state index contributed by atoms with van der Waals surface area (Å²) in [6.45, 7) is 0. The van der Waals surface area contributed by atoms with Crippen molar-refractivity contribution in [2.24, 2.45) is 0 Å². The second-order valence-electron chi connectivity index (χ2n) is 3.88. The van der Waals surface area contributed by atoms with Gasteiger partial charge in [-0.05, 0) is 24.7 Å². The number of sulfonamides is 1. The lowest BCUT2D eigenvalue weighted by Crippen LogP contribution is -2.18. The van der Waals surface area contributed by atoms with Crippen molar-refractivity contribution >= 4 is 10.0 Å². The highest BCUT2D eigenvalue weighted by Crippen LogP contribution is 2.26. The van der Waals surface area contributed by atoms with Gasteiger partial charge in [0.1, 0.15) is 0 Å². The standard InChI is InChI=1S/C11H10F3N3O2S/c1-15-20(18,19)10-4-2-3-8(5-10)9-6-16-17(7-9)11(12,13)14/h2-7,15H,1H3. The maximum absolute atomic E-state index is 12.4. The molecule has 5 nitrogen and oxygen atoms in total. The molecule has 108 valence electrons. The van der Waals surface area contributed by atoms with Gasteiger partial charge in [-0.25, -0.2) is 13.1 Å². The van der Waals surface area contributed by atoms with E-state index in [1.54, 1.807) is 0 Å². The lowest BCUT2D eigenvalue weighted by atomic mass is 10.1. The van der Waals surface area contributed by atoms with Gasteiger partial charge in [-0.15, -0.1) is 13.2 Å². The van der Waals surface area contributed by atoms with Gasteiger partial charge >= 0.3 is 6.30 Å². The van der Waals surface area contributed by atoms with Crippen molar-refractivity contribution in [3.8, 4) is 11.1 Å². The first-order valence-corrected chi connectivity index (χ1v) is 6.88. The van der Waals surface area contributed by atoms with E-state index < -0.39 is 16.3 Å². The van der Waals surface area contributed by atoms with E-state index in [1.165, 1.54) is 31.3 Å². The first-order chi connectivity index (χ1) is 9.24. The van der Waals surface area contributed by atoms with Crippen LogP contribution < -0.4 is 4.72 Å². The van der Waals surface area contributed by atoms with Gasteiger partial charge in [0.15, 0.2) is 0 Å². The third-order valence-electron chi connectivity index (χ3n) is 2.59. The van der Waals surface area contributed by atoms with E-state index in [9.17, 15) is 21.6 Å². The number of aromatic nitrogens is 2. The van der Waals surface area contributed by atoms with Crippen molar-refractivity contribution in [3.05, 3.63) is 36.7 Å². The van der Waals surface area contributed by atoms with E-state index in [2.05, 4.69) is 9.82 Å². The lowest BCUT2D eigenvalue weighted by Gasteiger charge is -2.05. The van der Waals surface area contributed by atoms with Crippen LogP contribution in [0.1, 0.15) is 0 Å². The van der Waals surface area contributed by atoms with E-state index in [4.69, 9.17) is 0 Å². The van der Waals surface area contributed by atoms with Crippen LogP contribution in [0.3, 0.4) is 0 Å². The molecule has 0 fully saturated rings. The topological polar surface area (TPSA) is 64.0 Å². The largest absolute Gasteiger partial charge is 0.504 e. The molecule has 0 spiro atoms. The molecule has 0 bridgehead atoms. The molecule has 0 aliphatic carbocycles. The highest BCUT2D eigenvalue weighted by Gasteiger charge is 2.31. The van der Waals surface area contributed by atoms with Crippen molar-refractivity contribution in [3.63, 3.8) is 0 Å². The van der Waals surface area contributed by atoms with Gasteiger partial charge in [-0.3, -0.25) is 0 Å². The molecule has 0 unspecified atom stereocenters. The number of benzene rings is 1. The van der Waals surface area contributed by atoms with Crippen molar-refractivity contribution in [1.82, 2.24) is 14.5 Å². The minimum atomic E-state index is -4.60. The number of halogens is 3. The molecule has 9 heteroatoms. The van der Waals surface area contributed by atoms with Crippen LogP contribution in [-0.2, 0) is 16.3 Å². The van der Waals surface area contributed by atoms with Crippen molar-refractivity contribution in [2.45, 2.75) is 11.2 Å². The molecule has 0 radical (unpaired) electrons. The third kappa shape index (κ3) is 2.83. The number of nitrogens with one attached hydrogen (secondary N) is 1. The SMILES string of the molecule is CNS(=O)(=O)c1cccc(-c2cnn(C(F)(F)F)c2)c1. The molecule has 1 aromatic carbocycles. The maximum atomic E-state index is 12.4. The van der Waals surface area contributed by atoms with Gasteiger partial charge in [-0.1, -0.05) is 12.1 Å². The first-order valence-electron chi connectivity index (χ1n) is 5.40. The summed E-state index contributed by atoms with van der Waals surface area (Å²) in [4.78, 5) is -0.0303. The molecule has 1 aromatic heterocycles. The van der Waals surface area contributed by atoms with E-state index in [0.29, 0.717) is 5.56 Å². The van der Waals surface area contributed by atoms with E-state index in [0.717, 1.165) is 12.4 Å². The molecule has 2 rings (SSSR count). The van der Waals surface area contributed by atoms with Crippen LogP contribution >= 0.6 is 0 Å². The Kier molecular flexibility index (Phi) is 3.57. The van der Waals surface area contributed by atoms with E-state index >= 15 is 0 Å². The van der Waals surface area contributed by atoms with Crippen LogP contribution in [0, 0.1) is 0 Å². The van der Waals surface area contributed by atoms with Crippen molar-refractivity contribution < 1.29 is 21.6 Å². The van der Waals surface area contributed by atoms with E-state index in [-0.39, 0.29) is 15.1 Å². The van der Waals surface area contributed by atoms with Crippen LogP contribution in [0.4, 0.5) is 13.2 Å². The van der Waals surface area contributed by atoms with Gasteiger partial charge in [0.25, 0.3) is 0 Å². The minimum absolute atomic E-state index is 0.0303. The van der Waals surface area contributed by atoms with Gasteiger partial charge in [-0.2, -0.15) is 9.78 Å². The molecule has 2 aromatic rings. The summed E-state index contributed by atoms with van der Waals surface area (Å²) in [5.41, 5.74) is 0.507. The minimum Gasteiger partial charge on any atom is -0.214 e. The number of rotatable bonds is 3. The molecule has 0 amide bonds. The fourth-order valence-corrected chi connectivity index (χ4v) is 2.35. The van der Waals surface area contributed by atoms with Crippen LogP contribution in [-0.4, -0.2) is 25.2 Å². The summed E-state index contributed by atoms with van der Waals surface area (Å²) in [7, 11) is -2.40. The lowest BCUT2D eigenvalue weighted by molar-refractivity contribution is -0.212. The summed E-state index contributed by atoms with van der Waals surface area (Å²) in [5.74, 6) is 0. The summed E-state index contributed by atoms with van der Waals surface area (Å²) in [5, 5.41) is 3.20. The third-order valence-corrected chi connectivity index (χ3v) is 4.00. The Bertz CT molecular complexity index is 723. The zero-order valence-corrected chi connectivity index (χ0v) is 11.0. The van der Waals surface area contributed by atoms with Crippen molar-refractivity contribution in [2.75, 3.05) is 7.05 Å². The Labute approximate surface area is 113 Å². The highest BCUT2D eigenvalue weighted by molar-refractivity contribution is 7.89. The van der Waals surface area contributed by atoms with Crippen molar-refractivity contribution in [1.29, 1.82) is 0 Å². The normalized spacial score (nSPS) is 12.6. The summed E-state index contributed by atoms with van der Waals surface area (Å²) in [6, 6.07) is 5.59. The van der Waals surface area contributed by atoms with E-state index in [1.807, 2.05) is 0 Å². The fourth-order valence-electron chi connectivity index (χ4n) is 1.57. The molecule has 0 aliphatic heterocycles. The zero-order chi connectivity index (χ0) is 15.0. The zero-order valence-electron chi connectivity index (χ0n) is 10.2. The summed E-state index contributed by atoms with van der Waals surface area (Å²) >= 11 is 0. The molecule has 1 heterocycles. The molecule has 1 N–H and O–H groups in total. The predicted molar refractivity (Wildman–Crippen MR) is 65.2 cm³/mol. The van der Waals surface area contributed by atoms with Gasteiger partial charge in [0, 0.05) is 11.8 Å². The quantitative estimate of drug-likeness (QED) is 0.942. The number of alkyl halides is 3. The second-order valence-corrected chi connectivity index (χ2v) is 5.76. The molecule has 0 aliphatic rings. The molecule has 0 saturated heterocycles. The first kappa shape index (κ1) is 14.5. The molecule has 0 atom stereocenters. The molecule has 0 saturated carbocycles. The fraction of sp³-hybridized carbons (Fsp3) is 0.182. The average molecular weight is 305 g/mol. The Morgan fingerprint density at radius 1 is 1.25 bits per heavy atom. The van der Waals surface area contributed by atoms with Crippen LogP contribution in [0.25, 0.3) is 11.1 Å². The average Bonchev–Trinajstić information content (AvgIpc) is 2.88.